The summed E-state index contributed by atoms with van der Waals surface area (Å²) in [5.74, 6) is 4.30. The van der Waals surface area contributed by atoms with Crippen LogP contribution in [0, 0.1) is 34.5 Å². The molecule has 12 heteroatoms. The first kappa shape index (κ1) is 37.8. The van der Waals surface area contributed by atoms with Crippen LogP contribution in [0.1, 0.15) is 78.8 Å². The lowest BCUT2D eigenvalue weighted by molar-refractivity contribution is -0.131. The smallest absolute Gasteiger partial charge is 0.342 e. The van der Waals surface area contributed by atoms with Gasteiger partial charge in [-0.05, 0) is 43.0 Å². The summed E-state index contributed by atoms with van der Waals surface area (Å²) in [6, 6.07) is 14.6. The minimum absolute atomic E-state index is 0.0443. The number of aliphatic hydroxyl groups is 1. The number of esters is 1. The minimum atomic E-state index is -1.15. The molecule has 256 valence electrons. The first-order valence-corrected chi connectivity index (χ1v) is 16.2. The number of furan rings is 1. The van der Waals surface area contributed by atoms with Crippen LogP contribution in [-0.2, 0) is 38.4 Å². The normalized spacial score (nSPS) is 11.6. The summed E-state index contributed by atoms with van der Waals surface area (Å²) in [5, 5.41) is 35.8. The molecule has 0 aliphatic heterocycles. The molecule has 2 atom stereocenters. The Morgan fingerprint density at radius 1 is 0.918 bits per heavy atom. The van der Waals surface area contributed by atoms with Gasteiger partial charge >= 0.3 is 5.97 Å². The fraction of sp³-hybridized carbons (Fsp3) is 0.405. The van der Waals surface area contributed by atoms with Gasteiger partial charge in [0, 0.05) is 57.4 Å². The second-order valence-corrected chi connectivity index (χ2v) is 11.2. The van der Waals surface area contributed by atoms with Crippen molar-refractivity contribution >= 4 is 34.7 Å². The molecule has 1 heterocycles. The van der Waals surface area contributed by atoms with Gasteiger partial charge in [0.05, 0.1) is 30.9 Å². The molecule has 0 fully saturated rings. The summed E-state index contributed by atoms with van der Waals surface area (Å²) in [7, 11) is 0. The minimum Gasteiger partial charge on any atom is -0.462 e. The third-order valence-electron chi connectivity index (χ3n) is 7.37. The Bertz CT molecular complexity index is 1760. The maximum Gasteiger partial charge on any atom is 0.342 e. The Morgan fingerprint density at radius 2 is 1.61 bits per heavy atom. The standard InChI is InChI=1S/C37H41N5O7/c1-3-48-37(47)33-29-22-27(21-28(15-9-4-5-11-17-38)34(29)49-32(33)16-10-12-18-39)24-30(35(45)40-19-20-43)42-36(46)31(41-25(2)44)23-26-13-7-6-8-14-26/h6-8,13-14,21-22,30-31,43H,3-5,10-12,16,19-20,23-24H2,1-2H3,(H,40,45)(H,41,44)(H,42,46)/t30-,31-/m0/s1. The fourth-order valence-electron chi connectivity index (χ4n) is 5.19. The number of hydrogen-bond donors (Lipinski definition) is 4. The van der Waals surface area contributed by atoms with Gasteiger partial charge in [-0.25, -0.2) is 4.79 Å². The highest BCUT2D eigenvalue weighted by Gasteiger charge is 2.29. The van der Waals surface area contributed by atoms with Gasteiger partial charge in [-0.1, -0.05) is 42.2 Å². The van der Waals surface area contributed by atoms with Crippen molar-refractivity contribution in [2.75, 3.05) is 19.8 Å². The van der Waals surface area contributed by atoms with E-state index < -0.39 is 35.8 Å². The Morgan fingerprint density at radius 3 is 2.29 bits per heavy atom. The van der Waals surface area contributed by atoms with Crippen molar-refractivity contribution in [2.45, 2.75) is 77.3 Å². The maximum absolute atomic E-state index is 13.6. The highest BCUT2D eigenvalue weighted by molar-refractivity contribution is 6.06. The number of ether oxygens (including phenoxy) is 1. The second kappa shape index (κ2) is 19.9. The zero-order valence-corrected chi connectivity index (χ0v) is 27.8. The molecule has 3 amide bonds. The van der Waals surface area contributed by atoms with Crippen molar-refractivity contribution in [1.82, 2.24) is 16.0 Å². The number of unbranched alkanes of at least 4 members (excludes halogenated alkanes) is 3. The van der Waals surface area contributed by atoms with Gasteiger partial charge < -0.3 is 30.2 Å². The highest BCUT2D eigenvalue weighted by Crippen LogP contribution is 2.32. The zero-order chi connectivity index (χ0) is 35.6. The van der Waals surface area contributed by atoms with Crippen molar-refractivity contribution in [3.05, 3.63) is 70.5 Å². The molecule has 0 unspecified atom stereocenters. The van der Waals surface area contributed by atoms with Crippen LogP contribution >= 0.6 is 0 Å². The number of hydrogen-bond acceptors (Lipinski definition) is 9. The second-order valence-electron chi connectivity index (χ2n) is 11.2. The van der Waals surface area contributed by atoms with E-state index in [-0.39, 0.29) is 44.6 Å². The summed E-state index contributed by atoms with van der Waals surface area (Å²) in [4.78, 5) is 52.3. The number of aryl methyl sites for hydroxylation is 1. The number of rotatable bonds is 17. The number of nitrogens with one attached hydrogen (secondary N) is 3. The first-order chi connectivity index (χ1) is 23.7. The molecular formula is C37H41N5O7. The van der Waals surface area contributed by atoms with Crippen LogP contribution in [-0.4, -0.2) is 60.6 Å². The molecule has 0 saturated heterocycles. The molecular weight excluding hydrogens is 626 g/mol. The molecule has 2 aromatic carbocycles. The van der Waals surface area contributed by atoms with E-state index in [1.165, 1.54) is 6.92 Å². The van der Waals surface area contributed by atoms with Crippen molar-refractivity contribution in [3.8, 4) is 24.0 Å². The molecule has 3 aromatic rings. The van der Waals surface area contributed by atoms with E-state index in [0.717, 1.165) is 5.56 Å². The number of benzene rings is 2. The third-order valence-corrected chi connectivity index (χ3v) is 7.37. The summed E-state index contributed by atoms with van der Waals surface area (Å²) < 4.78 is 11.6. The fourth-order valence-corrected chi connectivity index (χ4v) is 5.19. The van der Waals surface area contributed by atoms with Crippen LogP contribution < -0.4 is 16.0 Å². The van der Waals surface area contributed by atoms with E-state index in [2.05, 4.69) is 39.9 Å². The average molecular weight is 668 g/mol. The molecule has 49 heavy (non-hydrogen) atoms. The predicted octanol–water partition coefficient (Wildman–Crippen LogP) is 3.38. The van der Waals surface area contributed by atoms with Crippen molar-refractivity contribution < 1.29 is 33.4 Å². The van der Waals surface area contributed by atoms with Crippen LogP contribution in [0.5, 0.6) is 0 Å². The lowest BCUT2D eigenvalue weighted by atomic mass is 9.97. The number of nitriles is 2. The first-order valence-electron chi connectivity index (χ1n) is 16.2. The van der Waals surface area contributed by atoms with Gasteiger partial charge in [-0.2, -0.15) is 10.5 Å². The molecule has 0 aliphatic carbocycles. The molecule has 0 aliphatic rings. The van der Waals surface area contributed by atoms with Crippen LogP contribution in [0.3, 0.4) is 0 Å². The number of fused-ring (bicyclic) bond motifs is 1. The number of aliphatic hydroxyl groups excluding tert-OH is 1. The van der Waals surface area contributed by atoms with E-state index in [4.69, 9.17) is 19.7 Å². The highest BCUT2D eigenvalue weighted by atomic mass is 16.5. The Hall–Kier alpha value is -5.64. The lowest BCUT2D eigenvalue weighted by Crippen LogP contribution is -2.55. The molecule has 0 radical (unpaired) electrons. The van der Waals surface area contributed by atoms with Gasteiger partial charge in [0.25, 0.3) is 0 Å². The van der Waals surface area contributed by atoms with Crippen LogP contribution in [0.4, 0.5) is 0 Å². The molecule has 3 rings (SSSR count). The summed E-state index contributed by atoms with van der Waals surface area (Å²) >= 11 is 0. The van der Waals surface area contributed by atoms with Gasteiger partial charge in [0.1, 0.15) is 23.4 Å². The zero-order valence-electron chi connectivity index (χ0n) is 27.8. The maximum atomic E-state index is 13.6. The van der Waals surface area contributed by atoms with Gasteiger partial charge in [-0.3, -0.25) is 14.4 Å². The average Bonchev–Trinajstić information content (AvgIpc) is 3.45. The summed E-state index contributed by atoms with van der Waals surface area (Å²) in [6.45, 7) is 2.73. The van der Waals surface area contributed by atoms with Crippen molar-refractivity contribution in [2.24, 2.45) is 0 Å². The Labute approximate surface area is 285 Å². The van der Waals surface area contributed by atoms with E-state index in [9.17, 15) is 24.3 Å². The number of carbonyl (C=O) groups excluding carboxylic acids is 4. The van der Waals surface area contributed by atoms with E-state index in [0.29, 0.717) is 60.0 Å². The van der Waals surface area contributed by atoms with Gasteiger partial charge in [-0.15, -0.1) is 0 Å². The predicted molar refractivity (Wildman–Crippen MR) is 181 cm³/mol. The van der Waals surface area contributed by atoms with Crippen LogP contribution in [0.25, 0.3) is 11.0 Å². The number of amides is 3. The van der Waals surface area contributed by atoms with Crippen molar-refractivity contribution in [3.63, 3.8) is 0 Å². The van der Waals surface area contributed by atoms with Crippen LogP contribution in [0.15, 0.2) is 46.9 Å². The topological polar surface area (TPSA) is 195 Å². The molecule has 4 N–H and O–H groups in total. The Kier molecular flexibility index (Phi) is 15.3. The summed E-state index contributed by atoms with van der Waals surface area (Å²) in [5.41, 5.74) is 2.31. The van der Waals surface area contributed by atoms with E-state index in [1.54, 1.807) is 19.1 Å². The summed E-state index contributed by atoms with van der Waals surface area (Å²) in [6.07, 6.45) is 2.48. The van der Waals surface area contributed by atoms with Gasteiger partial charge in [0.15, 0.2) is 5.58 Å². The molecule has 0 spiro atoms. The molecule has 1 aromatic heterocycles. The quantitative estimate of drug-likeness (QED) is 0.0948. The van der Waals surface area contributed by atoms with E-state index in [1.807, 2.05) is 30.3 Å². The molecule has 12 nitrogen and oxygen atoms in total. The number of carbonyl (C=O) groups is 4. The molecule has 0 saturated carbocycles. The van der Waals surface area contributed by atoms with Crippen LogP contribution in [0.2, 0.25) is 0 Å². The SMILES string of the molecule is CCOC(=O)c1c(CCCC#N)oc2c(C#CCCCC#N)cc(C[C@H](NC(=O)[C@H](Cc3ccccc3)NC(C)=O)C(=O)NCCO)cc12. The largest absolute Gasteiger partial charge is 0.462 e. The molecule has 0 bridgehead atoms. The van der Waals surface area contributed by atoms with E-state index >= 15 is 0 Å². The Balaban J connectivity index is 2.09. The van der Waals surface area contributed by atoms with Gasteiger partial charge in [0.2, 0.25) is 17.7 Å². The lowest BCUT2D eigenvalue weighted by Gasteiger charge is -2.23. The van der Waals surface area contributed by atoms with Crippen molar-refractivity contribution in [1.29, 1.82) is 10.5 Å². The number of nitrogens with zero attached hydrogens (tertiary/aromatic N) is 2. The monoisotopic (exact) mass is 667 g/mol. The third kappa shape index (κ3) is 11.5.